The smallest absolute Gasteiger partial charge is 0.223 e. The van der Waals surface area contributed by atoms with Gasteiger partial charge in [-0.1, -0.05) is 17.3 Å². The summed E-state index contributed by atoms with van der Waals surface area (Å²) < 4.78 is 7.29. The summed E-state index contributed by atoms with van der Waals surface area (Å²) in [5.41, 5.74) is 2.25. The summed E-state index contributed by atoms with van der Waals surface area (Å²) in [7, 11) is 2.10. The minimum atomic E-state index is 0.544. The number of fused-ring (bicyclic) bond motifs is 3. The molecule has 3 aliphatic rings. The highest BCUT2D eigenvalue weighted by Crippen LogP contribution is 2.35. The molecule has 3 saturated heterocycles. The number of nitrogens with zero attached hydrogens (tertiary/aromatic N) is 6. The molecular formula is C17H20N6O. The average molecular weight is 324 g/mol. The molecular weight excluding hydrogens is 304 g/mol. The Balaban J connectivity index is 1.35. The van der Waals surface area contributed by atoms with Gasteiger partial charge in [0.2, 0.25) is 11.8 Å². The van der Waals surface area contributed by atoms with E-state index in [-0.39, 0.29) is 0 Å². The molecule has 124 valence electrons. The third-order valence-corrected chi connectivity index (χ3v) is 5.28. The van der Waals surface area contributed by atoms with Crippen LogP contribution in [0.3, 0.4) is 0 Å². The first-order chi connectivity index (χ1) is 11.7. The van der Waals surface area contributed by atoms with Gasteiger partial charge in [-0.05, 0) is 18.6 Å². The Morgan fingerprint density at radius 2 is 1.96 bits per heavy atom. The Bertz CT molecular complexity index is 888. The molecule has 0 saturated carbocycles. The second-order valence-electron chi connectivity index (χ2n) is 6.81. The molecule has 2 atom stereocenters. The highest BCUT2D eigenvalue weighted by Gasteiger charge is 2.45. The van der Waals surface area contributed by atoms with E-state index in [1.807, 2.05) is 13.0 Å². The van der Waals surface area contributed by atoms with Crippen LogP contribution in [0.15, 0.2) is 28.8 Å². The summed E-state index contributed by atoms with van der Waals surface area (Å²) in [5.74, 6) is 2.50. The van der Waals surface area contributed by atoms with E-state index >= 15 is 0 Å². The highest BCUT2D eigenvalue weighted by atomic mass is 16.5. The van der Waals surface area contributed by atoms with Gasteiger partial charge in [0.25, 0.3) is 0 Å². The van der Waals surface area contributed by atoms with Crippen molar-refractivity contribution in [3.8, 4) is 0 Å². The zero-order valence-electron chi connectivity index (χ0n) is 13.9. The lowest BCUT2D eigenvalue weighted by molar-refractivity contribution is -0.0116. The molecule has 3 fully saturated rings. The fraction of sp³-hybridized carbons (Fsp3) is 0.471. The number of hydrogen-bond donors (Lipinski definition) is 0. The van der Waals surface area contributed by atoms with Crippen LogP contribution in [0.5, 0.6) is 0 Å². The molecule has 24 heavy (non-hydrogen) atoms. The van der Waals surface area contributed by atoms with Crippen LogP contribution in [0.1, 0.15) is 18.1 Å². The topological polar surface area (TPSA) is 63.2 Å². The van der Waals surface area contributed by atoms with Crippen molar-refractivity contribution in [3.63, 3.8) is 0 Å². The van der Waals surface area contributed by atoms with E-state index in [2.05, 4.69) is 49.8 Å². The Labute approximate surface area is 139 Å². The summed E-state index contributed by atoms with van der Waals surface area (Å²) in [6.45, 7) is 4.62. The number of hydrogen-bond acceptors (Lipinski definition) is 6. The van der Waals surface area contributed by atoms with Crippen molar-refractivity contribution in [1.82, 2.24) is 24.6 Å². The first kappa shape index (κ1) is 14.0. The molecule has 0 spiro atoms. The van der Waals surface area contributed by atoms with Gasteiger partial charge in [0.05, 0.1) is 17.6 Å². The second-order valence-corrected chi connectivity index (χ2v) is 6.81. The van der Waals surface area contributed by atoms with E-state index in [4.69, 9.17) is 9.51 Å². The van der Waals surface area contributed by atoms with Crippen LogP contribution in [0.25, 0.3) is 11.0 Å². The van der Waals surface area contributed by atoms with Crippen molar-refractivity contribution in [2.24, 2.45) is 7.05 Å². The molecule has 0 radical (unpaired) electrons. The first-order valence-corrected chi connectivity index (χ1v) is 8.40. The standard InChI is InChI=1S/C17H20N6O/c1-11-18-16(20-24-11)10-23-12-7-13(23)9-22(8-12)17-19-14-5-3-4-6-15(14)21(17)2/h3-6,12-13H,7-10H2,1-2H3. The van der Waals surface area contributed by atoms with Gasteiger partial charge in [0.1, 0.15) is 0 Å². The van der Waals surface area contributed by atoms with E-state index in [1.165, 1.54) is 11.9 Å². The van der Waals surface area contributed by atoms with Gasteiger partial charge >= 0.3 is 0 Å². The third kappa shape index (κ3) is 2.04. The number of rotatable bonds is 3. The Morgan fingerprint density at radius 1 is 1.17 bits per heavy atom. The normalized spacial score (nSPS) is 23.7. The Morgan fingerprint density at radius 3 is 2.67 bits per heavy atom. The molecule has 0 N–H and O–H groups in total. The molecule has 3 aliphatic heterocycles. The Kier molecular flexibility index (Phi) is 2.94. The zero-order valence-corrected chi connectivity index (χ0v) is 13.9. The highest BCUT2D eigenvalue weighted by molar-refractivity contribution is 5.78. The van der Waals surface area contributed by atoms with Gasteiger partial charge in [0, 0.05) is 39.1 Å². The lowest BCUT2D eigenvalue weighted by atomic mass is 9.87. The summed E-state index contributed by atoms with van der Waals surface area (Å²) in [5, 5.41) is 4.03. The van der Waals surface area contributed by atoms with Crippen molar-refractivity contribution >= 4 is 17.0 Å². The van der Waals surface area contributed by atoms with Crippen LogP contribution < -0.4 is 4.90 Å². The van der Waals surface area contributed by atoms with E-state index in [1.54, 1.807) is 0 Å². The quantitative estimate of drug-likeness (QED) is 0.731. The predicted molar refractivity (Wildman–Crippen MR) is 89.7 cm³/mol. The molecule has 2 bridgehead atoms. The molecule has 6 rings (SSSR count). The SMILES string of the molecule is Cc1nc(CN2C3CC2CN(c2nc4ccccc4n2C)C3)no1. The maximum Gasteiger partial charge on any atom is 0.223 e. The minimum absolute atomic E-state index is 0.544. The lowest BCUT2D eigenvalue weighted by Gasteiger charge is -2.56. The summed E-state index contributed by atoms with van der Waals surface area (Å²) >= 11 is 0. The number of aromatic nitrogens is 4. The molecule has 7 heteroatoms. The van der Waals surface area contributed by atoms with Crippen molar-refractivity contribution in [2.45, 2.75) is 32.0 Å². The van der Waals surface area contributed by atoms with Crippen molar-refractivity contribution in [1.29, 1.82) is 0 Å². The first-order valence-electron chi connectivity index (χ1n) is 8.40. The minimum Gasteiger partial charge on any atom is -0.340 e. The van der Waals surface area contributed by atoms with Gasteiger partial charge in [0.15, 0.2) is 5.82 Å². The molecule has 1 aromatic carbocycles. The van der Waals surface area contributed by atoms with Crippen LogP contribution >= 0.6 is 0 Å². The fourth-order valence-corrected chi connectivity index (χ4v) is 4.09. The van der Waals surface area contributed by atoms with E-state index in [9.17, 15) is 0 Å². The molecule has 2 aromatic heterocycles. The number of para-hydroxylation sites is 2. The summed E-state index contributed by atoms with van der Waals surface area (Å²) in [6, 6.07) is 9.40. The van der Waals surface area contributed by atoms with Crippen LogP contribution in [-0.2, 0) is 13.6 Å². The van der Waals surface area contributed by atoms with Gasteiger partial charge in [-0.25, -0.2) is 4.98 Å². The number of aryl methyl sites for hydroxylation is 2. The zero-order chi connectivity index (χ0) is 16.3. The number of imidazole rings is 1. The van der Waals surface area contributed by atoms with Crippen LogP contribution in [-0.4, -0.2) is 49.8 Å². The molecule has 7 nitrogen and oxygen atoms in total. The van der Waals surface area contributed by atoms with Crippen LogP contribution in [0.4, 0.5) is 5.95 Å². The van der Waals surface area contributed by atoms with Crippen molar-refractivity contribution < 1.29 is 4.52 Å². The third-order valence-electron chi connectivity index (χ3n) is 5.28. The molecule has 2 unspecified atom stereocenters. The van der Waals surface area contributed by atoms with Crippen LogP contribution in [0, 0.1) is 6.92 Å². The number of anilines is 1. The number of piperidine rings is 1. The van der Waals surface area contributed by atoms with E-state index in [0.29, 0.717) is 18.0 Å². The lowest BCUT2D eigenvalue weighted by Crippen LogP contribution is -2.68. The van der Waals surface area contributed by atoms with Crippen molar-refractivity contribution in [3.05, 3.63) is 36.0 Å². The monoisotopic (exact) mass is 324 g/mol. The fourth-order valence-electron chi connectivity index (χ4n) is 4.09. The summed E-state index contributed by atoms with van der Waals surface area (Å²) in [6.07, 6.45) is 1.25. The maximum absolute atomic E-state index is 5.08. The molecule has 3 aromatic rings. The predicted octanol–water partition coefficient (Wildman–Crippen LogP) is 1.73. The number of piperazine rings is 1. The van der Waals surface area contributed by atoms with Gasteiger partial charge in [-0.15, -0.1) is 0 Å². The largest absolute Gasteiger partial charge is 0.340 e. The average Bonchev–Trinajstić information content (AvgIpc) is 3.17. The number of benzene rings is 1. The molecule has 0 amide bonds. The van der Waals surface area contributed by atoms with Gasteiger partial charge in [-0.3, -0.25) is 4.90 Å². The van der Waals surface area contributed by atoms with Crippen LogP contribution in [0.2, 0.25) is 0 Å². The molecule has 5 heterocycles. The van der Waals surface area contributed by atoms with Crippen molar-refractivity contribution in [2.75, 3.05) is 18.0 Å². The maximum atomic E-state index is 5.08. The Hall–Kier alpha value is -2.41. The second kappa shape index (κ2) is 5.04. The van der Waals surface area contributed by atoms with E-state index in [0.717, 1.165) is 36.9 Å². The van der Waals surface area contributed by atoms with Gasteiger partial charge < -0.3 is 14.0 Å². The van der Waals surface area contributed by atoms with E-state index < -0.39 is 0 Å². The summed E-state index contributed by atoms with van der Waals surface area (Å²) in [4.78, 5) is 14.1. The van der Waals surface area contributed by atoms with Gasteiger partial charge in [-0.2, -0.15) is 4.98 Å². The molecule has 0 aliphatic carbocycles.